The molecule has 0 saturated carbocycles. The topological polar surface area (TPSA) is 66.2 Å². The second-order valence-corrected chi connectivity index (χ2v) is 8.79. The summed E-state index contributed by atoms with van der Waals surface area (Å²) < 4.78 is 13.8. The Morgan fingerprint density at radius 1 is 1.31 bits per heavy atom. The van der Waals surface area contributed by atoms with Crippen molar-refractivity contribution >= 4 is 28.9 Å². The van der Waals surface area contributed by atoms with Crippen molar-refractivity contribution in [2.75, 3.05) is 19.0 Å². The number of Topliss-reactive ketones (excluding diaryl/α,β-unsaturated/α-hetero) is 1. The zero-order chi connectivity index (χ0) is 20.1. The summed E-state index contributed by atoms with van der Waals surface area (Å²) in [5, 5.41) is 11.8. The molecule has 6 nitrogen and oxygen atoms in total. The molecule has 2 aromatic heterocycles. The Bertz CT molecular complexity index is 950. The largest absolute Gasteiger partial charge is 0.492 e. The molecule has 1 unspecified atom stereocenters. The molecule has 0 aliphatic carbocycles. The van der Waals surface area contributed by atoms with Crippen LogP contribution >= 0.6 is 23.1 Å². The number of nitrogens with zero attached hydrogens (tertiary/aromatic N) is 3. The van der Waals surface area contributed by atoms with Crippen LogP contribution in [0.1, 0.15) is 30.1 Å². The second-order valence-electron chi connectivity index (χ2n) is 6.78. The molecule has 8 heteroatoms. The van der Waals surface area contributed by atoms with Gasteiger partial charge in [-0.25, -0.2) is 0 Å². The minimum Gasteiger partial charge on any atom is -0.492 e. The van der Waals surface area contributed by atoms with Gasteiger partial charge < -0.3 is 9.47 Å². The summed E-state index contributed by atoms with van der Waals surface area (Å²) in [4.78, 5) is 12.8. The van der Waals surface area contributed by atoms with Gasteiger partial charge in [0.05, 0.1) is 29.7 Å². The van der Waals surface area contributed by atoms with Crippen LogP contribution in [0.25, 0.3) is 10.7 Å². The van der Waals surface area contributed by atoms with Crippen molar-refractivity contribution in [3.05, 3.63) is 47.3 Å². The number of benzene rings is 1. The van der Waals surface area contributed by atoms with E-state index in [4.69, 9.17) is 9.47 Å². The molecule has 3 heterocycles. The smallest absolute Gasteiger partial charge is 0.191 e. The van der Waals surface area contributed by atoms with Gasteiger partial charge >= 0.3 is 0 Å². The maximum absolute atomic E-state index is 11.7. The van der Waals surface area contributed by atoms with Crippen molar-refractivity contribution in [1.29, 1.82) is 0 Å². The molecule has 1 saturated heterocycles. The van der Waals surface area contributed by atoms with E-state index < -0.39 is 0 Å². The Labute approximate surface area is 178 Å². The lowest BCUT2D eigenvalue weighted by atomic mass is 10.1. The molecule has 3 aromatic rings. The SMILES string of the molecule is CC(=O)c1ccccc1OCCSc1nnc(-c2cccs2)n1CC1CCCO1. The molecule has 152 valence electrons. The first-order valence-corrected chi connectivity index (χ1v) is 11.5. The third kappa shape index (κ3) is 4.88. The van der Waals surface area contributed by atoms with Crippen LogP contribution in [0.15, 0.2) is 46.9 Å². The number of carbonyl (C=O) groups excluding carboxylic acids is 1. The fourth-order valence-corrected chi connectivity index (χ4v) is 4.79. The Balaban J connectivity index is 1.42. The molecule has 29 heavy (non-hydrogen) atoms. The van der Waals surface area contributed by atoms with Gasteiger partial charge in [-0.1, -0.05) is 30.0 Å². The molecule has 4 rings (SSSR count). The monoisotopic (exact) mass is 429 g/mol. The third-order valence-electron chi connectivity index (χ3n) is 4.71. The first-order valence-electron chi connectivity index (χ1n) is 9.66. The third-order valence-corrected chi connectivity index (χ3v) is 6.50. The number of thioether (sulfide) groups is 1. The van der Waals surface area contributed by atoms with Crippen LogP contribution in [0.2, 0.25) is 0 Å². The highest BCUT2D eigenvalue weighted by molar-refractivity contribution is 7.99. The van der Waals surface area contributed by atoms with Crippen molar-refractivity contribution in [3.8, 4) is 16.5 Å². The summed E-state index contributed by atoms with van der Waals surface area (Å²) in [6.45, 7) is 3.62. The van der Waals surface area contributed by atoms with Crippen LogP contribution in [0, 0.1) is 0 Å². The number of ketones is 1. The normalized spacial score (nSPS) is 16.2. The summed E-state index contributed by atoms with van der Waals surface area (Å²) in [6, 6.07) is 11.4. The number of hydrogen-bond acceptors (Lipinski definition) is 7. The maximum atomic E-state index is 11.7. The number of hydrogen-bond donors (Lipinski definition) is 0. The predicted molar refractivity (Wildman–Crippen MR) is 115 cm³/mol. The number of carbonyl (C=O) groups is 1. The Morgan fingerprint density at radius 2 is 2.21 bits per heavy atom. The summed E-state index contributed by atoms with van der Waals surface area (Å²) in [5.74, 6) is 2.23. The van der Waals surface area contributed by atoms with Gasteiger partial charge in [-0.2, -0.15) is 0 Å². The minimum atomic E-state index is 0.00477. The number of para-hydroxylation sites is 1. The highest BCUT2D eigenvalue weighted by Crippen LogP contribution is 2.29. The molecule has 0 spiro atoms. The standard InChI is InChI=1S/C21H23N3O3S2/c1-15(25)17-7-2-3-8-18(17)27-11-13-29-21-23-22-20(19-9-5-12-28-19)24(21)14-16-6-4-10-26-16/h2-3,5,7-9,12,16H,4,6,10-11,13-14H2,1H3. The highest BCUT2D eigenvalue weighted by Gasteiger charge is 2.22. The number of rotatable bonds is 9. The van der Waals surface area contributed by atoms with Crippen molar-refractivity contribution in [2.45, 2.75) is 37.6 Å². The van der Waals surface area contributed by atoms with Gasteiger partial charge in [0.2, 0.25) is 0 Å². The lowest BCUT2D eigenvalue weighted by molar-refractivity contribution is 0.0953. The molecule has 1 aliphatic heterocycles. The van der Waals surface area contributed by atoms with Crippen LogP contribution in [0.4, 0.5) is 0 Å². The van der Waals surface area contributed by atoms with E-state index in [0.717, 1.165) is 41.9 Å². The quantitative estimate of drug-likeness (QED) is 0.282. The van der Waals surface area contributed by atoms with Crippen molar-refractivity contribution < 1.29 is 14.3 Å². The zero-order valence-corrected chi connectivity index (χ0v) is 17.9. The van der Waals surface area contributed by atoms with Crippen LogP contribution in [-0.2, 0) is 11.3 Å². The fourth-order valence-electron chi connectivity index (χ4n) is 3.31. The first kappa shape index (κ1) is 20.1. The van der Waals surface area contributed by atoms with Crippen LogP contribution in [0.3, 0.4) is 0 Å². The Hall–Kier alpha value is -2.16. The van der Waals surface area contributed by atoms with Gasteiger partial charge in [-0.05, 0) is 43.3 Å². The predicted octanol–water partition coefficient (Wildman–Crippen LogP) is 4.56. The Kier molecular flexibility index (Phi) is 6.63. The highest BCUT2D eigenvalue weighted by atomic mass is 32.2. The second kappa shape index (κ2) is 9.56. The van der Waals surface area contributed by atoms with E-state index in [-0.39, 0.29) is 11.9 Å². The van der Waals surface area contributed by atoms with Crippen molar-refractivity contribution in [1.82, 2.24) is 14.8 Å². The fraction of sp³-hybridized carbons (Fsp3) is 0.381. The van der Waals surface area contributed by atoms with Gasteiger partial charge in [0.25, 0.3) is 0 Å². The average molecular weight is 430 g/mol. The molecule has 1 atom stereocenters. The molecular weight excluding hydrogens is 406 g/mol. The minimum absolute atomic E-state index is 0.00477. The lowest BCUT2D eigenvalue weighted by Crippen LogP contribution is -2.16. The van der Waals surface area contributed by atoms with Crippen molar-refractivity contribution in [3.63, 3.8) is 0 Å². The Morgan fingerprint density at radius 3 is 2.97 bits per heavy atom. The molecule has 1 fully saturated rings. The van der Waals surface area contributed by atoms with E-state index in [0.29, 0.717) is 23.7 Å². The van der Waals surface area contributed by atoms with Crippen LogP contribution in [-0.4, -0.2) is 45.6 Å². The molecule has 1 aromatic carbocycles. The average Bonchev–Trinajstić information content (AvgIpc) is 3.48. The lowest BCUT2D eigenvalue weighted by Gasteiger charge is -2.14. The number of ether oxygens (including phenoxy) is 2. The zero-order valence-electron chi connectivity index (χ0n) is 16.2. The van der Waals surface area contributed by atoms with E-state index >= 15 is 0 Å². The van der Waals surface area contributed by atoms with E-state index in [2.05, 4.69) is 20.8 Å². The number of thiophene rings is 1. The van der Waals surface area contributed by atoms with Gasteiger partial charge in [0, 0.05) is 12.4 Å². The maximum Gasteiger partial charge on any atom is 0.191 e. The molecule has 0 N–H and O–H groups in total. The summed E-state index contributed by atoms with van der Waals surface area (Å²) >= 11 is 3.27. The summed E-state index contributed by atoms with van der Waals surface area (Å²) in [7, 11) is 0. The molecular formula is C21H23N3O3S2. The molecule has 0 bridgehead atoms. The summed E-state index contributed by atoms with van der Waals surface area (Å²) in [5.41, 5.74) is 0.610. The van der Waals surface area contributed by atoms with Gasteiger partial charge in [0.15, 0.2) is 16.8 Å². The van der Waals surface area contributed by atoms with Gasteiger partial charge in [-0.15, -0.1) is 21.5 Å². The number of aromatic nitrogens is 3. The van der Waals surface area contributed by atoms with E-state index in [1.807, 2.05) is 29.6 Å². The van der Waals surface area contributed by atoms with Crippen molar-refractivity contribution in [2.24, 2.45) is 0 Å². The van der Waals surface area contributed by atoms with Gasteiger partial charge in [0.1, 0.15) is 5.75 Å². The first-order chi connectivity index (χ1) is 14.2. The molecule has 1 aliphatic rings. The van der Waals surface area contributed by atoms with E-state index in [1.165, 1.54) is 0 Å². The molecule has 0 radical (unpaired) electrons. The van der Waals surface area contributed by atoms with E-state index in [1.54, 1.807) is 36.1 Å². The molecule has 0 amide bonds. The summed E-state index contributed by atoms with van der Waals surface area (Å²) in [6.07, 6.45) is 2.38. The van der Waals surface area contributed by atoms with Gasteiger partial charge in [-0.3, -0.25) is 9.36 Å². The van der Waals surface area contributed by atoms with E-state index in [9.17, 15) is 4.79 Å². The van der Waals surface area contributed by atoms with Crippen LogP contribution in [0.5, 0.6) is 5.75 Å². The van der Waals surface area contributed by atoms with Crippen LogP contribution < -0.4 is 4.74 Å².